The van der Waals surface area contributed by atoms with Crippen LogP contribution in [0.3, 0.4) is 0 Å². The van der Waals surface area contributed by atoms with Crippen LogP contribution < -0.4 is 10.6 Å². The van der Waals surface area contributed by atoms with Crippen LogP contribution in [-0.4, -0.2) is 28.6 Å². The Morgan fingerprint density at radius 3 is 2.89 bits per heavy atom. The highest BCUT2D eigenvalue weighted by Gasteiger charge is 2.09. The summed E-state index contributed by atoms with van der Waals surface area (Å²) >= 11 is 2.87. The van der Waals surface area contributed by atoms with E-state index in [2.05, 4.69) is 20.8 Å². The van der Waals surface area contributed by atoms with Crippen molar-refractivity contribution in [2.24, 2.45) is 0 Å². The molecule has 0 bridgehead atoms. The van der Waals surface area contributed by atoms with Gasteiger partial charge in [0.05, 0.1) is 12.0 Å². The summed E-state index contributed by atoms with van der Waals surface area (Å²) in [5, 5.41) is 13.3. The van der Waals surface area contributed by atoms with Crippen molar-refractivity contribution < 1.29 is 14.0 Å². The Morgan fingerprint density at radius 2 is 2.11 bits per heavy atom. The van der Waals surface area contributed by atoms with E-state index in [4.69, 9.17) is 4.42 Å². The maximum Gasteiger partial charge on any atom is 0.244 e. The predicted octanol–water partition coefficient (Wildman–Crippen LogP) is 3.44. The lowest BCUT2D eigenvalue weighted by Crippen LogP contribution is -2.26. The highest BCUT2D eigenvalue weighted by Crippen LogP contribution is 2.33. The number of para-hydroxylation sites is 1. The van der Waals surface area contributed by atoms with Crippen LogP contribution in [0.15, 0.2) is 67.9 Å². The first kappa shape index (κ1) is 18.9. The van der Waals surface area contributed by atoms with Gasteiger partial charge in [-0.2, -0.15) is 0 Å². The molecule has 3 aromatic rings. The van der Waals surface area contributed by atoms with Gasteiger partial charge in [0.2, 0.25) is 11.8 Å². The lowest BCUT2D eigenvalue weighted by molar-refractivity contribution is -0.117. The average molecular weight is 400 g/mol. The van der Waals surface area contributed by atoms with E-state index in [1.165, 1.54) is 35.4 Å². The van der Waals surface area contributed by atoms with Crippen molar-refractivity contribution in [3.05, 3.63) is 60.0 Å². The van der Waals surface area contributed by atoms with Crippen LogP contribution >= 0.6 is 23.1 Å². The minimum Gasteiger partial charge on any atom is -0.465 e. The van der Waals surface area contributed by atoms with Crippen molar-refractivity contribution in [3.63, 3.8) is 0 Å². The second-order valence-electron chi connectivity index (χ2n) is 5.24. The fourth-order valence-corrected chi connectivity index (χ4v) is 3.60. The monoisotopic (exact) mass is 400 g/mol. The molecule has 0 aliphatic rings. The Labute approximate surface area is 163 Å². The zero-order valence-electron chi connectivity index (χ0n) is 14.1. The lowest BCUT2D eigenvalue weighted by Gasteiger charge is -2.09. The van der Waals surface area contributed by atoms with Crippen LogP contribution in [0.1, 0.15) is 12.2 Å². The maximum atomic E-state index is 12.2. The number of hydrogen-bond acceptors (Lipinski definition) is 7. The van der Waals surface area contributed by atoms with E-state index in [-0.39, 0.29) is 24.8 Å². The highest BCUT2D eigenvalue weighted by atomic mass is 32.2. The third kappa shape index (κ3) is 6.08. The standard InChI is InChI=1S/C18H16N4O3S2/c23-16(8-7-13-4-3-11-25-13)19-10-9-17(24)21-14-5-1-2-6-15(14)27-18-22-20-12-26-18/h1-8,11-12H,9-10H2,(H,19,23)(H,21,24)/b8-7+. The van der Waals surface area contributed by atoms with E-state index >= 15 is 0 Å². The molecule has 138 valence electrons. The average Bonchev–Trinajstić information content (AvgIpc) is 3.35. The summed E-state index contributed by atoms with van der Waals surface area (Å²) in [4.78, 5) is 24.8. The molecule has 27 heavy (non-hydrogen) atoms. The van der Waals surface area contributed by atoms with E-state index in [0.29, 0.717) is 11.4 Å². The number of rotatable bonds is 8. The summed E-state index contributed by atoms with van der Waals surface area (Å²) in [5.74, 6) is 0.120. The van der Waals surface area contributed by atoms with E-state index in [1.807, 2.05) is 24.3 Å². The molecular formula is C18H16N4O3S2. The second kappa shape index (κ2) is 9.70. The number of aromatic nitrogens is 2. The Bertz CT molecular complexity index is 909. The third-order valence-corrected chi connectivity index (χ3v) is 5.15. The number of carbonyl (C=O) groups is 2. The summed E-state index contributed by atoms with van der Waals surface area (Å²) in [6.45, 7) is 0.235. The van der Waals surface area contributed by atoms with Crippen molar-refractivity contribution in [3.8, 4) is 0 Å². The molecule has 2 aromatic heterocycles. The molecule has 0 saturated carbocycles. The Morgan fingerprint density at radius 1 is 1.22 bits per heavy atom. The SMILES string of the molecule is O=C(/C=C/c1ccco1)NCCC(=O)Nc1ccccc1Sc1nncs1. The third-order valence-electron chi connectivity index (χ3n) is 3.29. The molecule has 0 aliphatic carbocycles. The van der Waals surface area contributed by atoms with Crippen LogP contribution in [0, 0.1) is 0 Å². The van der Waals surface area contributed by atoms with Crippen molar-refractivity contribution >= 4 is 46.7 Å². The minimum atomic E-state index is -0.286. The van der Waals surface area contributed by atoms with E-state index in [0.717, 1.165) is 9.24 Å². The van der Waals surface area contributed by atoms with Crippen LogP contribution in [0.25, 0.3) is 6.08 Å². The van der Waals surface area contributed by atoms with Gasteiger partial charge in [-0.05, 0) is 30.3 Å². The molecular weight excluding hydrogens is 384 g/mol. The zero-order valence-corrected chi connectivity index (χ0v) is 15.8. The number of amides is 2. The highest BCUT2D eigenvalue weighted by molar-refractivity contribution is 8.01. The van der Waals surface area contributed by atoms with Crippen LogP contribution in [0.2, 0.25) is 0 Å². The summed E-state index contributed by atoms with van der Waals surface area (Å²) < 4.78 is 5.90. The molecule has 2 N–H and O–H groups in total. The molecule has 0 radical (unpaired) electrons. The number of anilines is 1. The number of benzene rings is 1. The van der Waals surface area contributed by atoms with E-state index in [1.54, 1.807) is 23.7 Å². The summed E-state index contributed by atoms with van der Waals surface area (Å²) in [6.07, 6.45) is 4.63. The molecule has 3 rings (SSSR count). The van der Waals surface area contributed by atoms with Gasteiger partial charge in [0.1, 0.15) is 11.3 Å². The fraction of sp³-hybridized carbons (Fsp3) is 0.111. The van der Waals surface area contributed by atoms with Gasteiger partial charge in [-0.3, -0.25) is 9.59 Å². The van der Waals surface area contributed by atoms with Crippen molar-refractivity contribution in [2.75, 3.05) is 11.9 Å². The van der Waals surface area contributed by atoms with Gasteiger partial charge in [-0.15, -0.1) is 10.2 Å². The number of nitrogens with zero attached hydrogens (tertiary/aromatic N) is 2. The molecule has 0 saturated heterocycles. The van der Waals surface area contributed by atoms with Crippen LogP contribution in [0.5, 0.6) is 0 Å². The molecule has 0 unspecified atom stereocenters. The first-order valence-electron chi connectivity index (χ1n) is 8.03. The Kier molecular flexibility index (Phi) is 6.78. The maximum absolute atomic E-state index is 12.2. The molecule has 0 fully saturated rings. The number of nitrogens with one attached hydrogen (secondary N) is 2. The van der Waals surface area contributed by atoms with Crippen LogP contribution in [-0.2, 0) is 9.59 Å². The van der Waals surface area contributed by atoms with E-state index in [9.17, 15) is 9.59 Å². The number of hydrogen-bond donors (Lipinski definition) is 2. The first-order valence-corrected chi connectivity index (χ1v) is 9.72. The van der Waals surface area contributed by atoms with Gasteiger partial charge in [0.15, 0.2) is 4.34 Å². The molecule has 7 nitrogen and oxygen atoms in total. The first-order chi connectivity index (χ1) is 13.2. The summed E-state index contributed by atoms with van der Waals surface area (Å²) in [5.41, 5.74) is 2.36. The van der Waals surface area contributed by atoms with Crippen LogP contribution in [0.4, 0.5) is 5.69 Å². The van der Waals surface area contributed by atoms with E-state index < -0.39 is 0 Å². The molecule has 2 heterocycles. The van der Waals surface area contributed by atoms with Gasteiger partial charge in [0, 0.05) is 23.9 Å². The van der Waals surface area contributed by atoms with Crippen molar-refractivity contribution in [1.82, 2.24) is 15.5 Å². The van der Waals surface area contributed by atoms with Gasteiger partial charge >= 0.3 is 0 Å². The minimum absolute atomic E-state index is 0.165. The lowest BCUT2D eigenvalue weighted by atomic mass is 10.3. The zero-order chi connectivity index (χ0) is 18.9. The molecule has 0 atom stereocenters. The summed E-state index contributed by atoms with van der Waals surface area (Å²) in [7, 11) is 0. The van der Waals surface area contributed by atoms with Gasteiger partial charge < -0.3 is 15.1 Å². The second-order valence-corrected chi connectivity index (χ2v) is 7.36. The molecule has 0 aliphatic heterocycles. The molecule has 2 amide bonds. The Hall–Kier alpha value is -2.91. The quantitative estimate of drug-likeness (QED) is 0.562. The largest absolute Gasteiger partial charge is 0.465 e. The van der Waals surface area contributed by atoms with Gasteiger partial charge in [0.25, 0.3) is 0 Å². The predicted molar refractivity (Wildman–Crippen MR) is 104 cm³/mol. The van der Waals surface area contributed by atoms with Gasteiger partial charge in [-0.1, -0.05) is 35.2 Å². The number of carbonyl (C=O) groups excluding carboxylic acids is 2. The van der Waals surface area contributed by atoms with Gasteiger partial charge in [-0.25, -0.2) is 0 Å². The topological polar surface area (TPSA) is 97.1 Å². The Balaban J connectivity index is 1.46. The fourth-order valence-electron chi connectivity index (χ4n) is 2.08. The smallest absolute Gasteiger partial charge is 0.244 e. The number of furan rings is 1. The van der Waals surface area contributed by atoms with Crippen molar-refractivity contribution in [2.45, 2.75) is 15.7 Å². The molecule has 9 heteroatoms. The summed E-state index contributed by atoms with van der Waals surface area (Å²) in [6, 6.07) is 11.0. The van der Waals surface area contributed by atoms with Crippen molar-refractivity contribution in [1.29, 1.82) is 0 Å². The molecule has 0 spiro atoms. The normalized spacial score (nSPS) is 10.8. The molecule has 1 aromatic carbocycles.